The smallest absolute Gasteiger partial charge is 0.231 e. The molecule has 0 bridgehead atoms. The summed E-state index contributed by atoms with van der Waals surface area (Å²) in [4.78, 5) is 0. The van der Waals surface area contributed by atoms with Crippen molar-refractivity contribution in [3.05, 3.63) is 23.3 Å². The highest BCUT2D eigenvalue weighted by Crippen LogP contribution is 2.42. The van der Waals surface area contributed by atoms with E-state index in [0.29, 0.717) is 6.79 Å². The van der Waals surface area contributed by atoms with E-state index in [1.54, 1.807) is 0 Å². The Morgan fingerprint density at radius 3 is 3.13 bits per heavy atom. The molecule has 0 spiro atoms. The lowest BCUT2D eigenvalue weighted by atomic mass is 9.82. The van der Waals surface area contributed by atoms with Gasteiger partial charge in [0.2, 0.25) is 6.79 Å². The van der Waals surface area contributed by atoms with E-state index in [9.17, 15) is 0 Å². The van der Waals surface area contributed by atoms with Crippen LogP contribution in [0.4, 0.5) is 0 Å². The molecule has 0 fully saturated rings. The van der Waals surface area contributed by atoms with Crippen LogP contribution in [0.3, 0.4) is 0 Å². The average Bonchev–Trinajstić information content (AvgIpc) is 2.76. The van der Waals surface area contributed by atoms with E-state index in [1.807, 2.05) is 6.07 Å². The highest BCUT2D eigenvalue weighted by molar-refractivity contribution is 5.53. The van der Waals surface area contributed by atoms with Gasteiger partial charge >= 0.3 is 0 Å². The summed E-state index contributed by atoms with van der Waals surface area (Å²) in [7, 11) is 0. The van der Waals surface area contributed by atoms with Crippen LogP contribution in [0.25, 0.3) is 0 Å². The van der Waals surface area contributed by atoms with Crippen molar-refractivity contribution in [1.82, 2.24) is 0 Å². The van der Waals surface area contributed by atoms with Crippen LogP contribution in [0.2, 0.25) is 0 Å². The molecule has 1 aliphatic carbocycles. The van der Waals surface area contributed by atoms with Gasteiger partial charge in [-0.2, -0.15) is 0 Å². The Morgan fingerprint density at radius 1 is 1.33 bits per heavy atom. The van der Waals surface area contributed by atoms with Gasteiger partial charge in [-0.1, -0.05) is 19.4 Å². The summed E-state index contributed by atoms with van der Waals surface area (Å²) >= 11 is 0. The third-order valence-corrected chi connectivity index (χ3v) is 3.63. The first-order chi connectivity index (χ1) is 7.38. The lowest BCUT2D eigenvalue weighted by Crippen LogP contribution is -2.13. The SMILES string of the molecule is CCC1CCc2ccc3c(c2C1)OCO3. The zero-order chi connectivity index (χ0) is 10.3. The quantitative estimate of drug-likeness (QED) is 0.700. The molecule has 1 aromatic carbocycles. The summed E-state index contributed by atoms with van der Waals surface area (Å²) < 4.78 is 11.0. The molecule has 0 aromatic heterocycles. The Hall–Kier alpha value is -1.18. The summed E-state index contributed by atoms with van der Waals surface area (Å²) in [5, 5.41) is 0. The maximum Gasteiger partial charge on any atom is 0.231 e. The molecule has 0 amide bonds. The number of ether oxygens (including phenoxy) is 2. The first kappa shape index (κ1) is 9.08. The molecular weight excluding hydrogens is 188 g/mol. The summed E-state index contributed by atoms with van der Waals surface area (Å²) in [6.45, 7) is 2.67. The molecule has 15 heavy (non-hydrogen) atoms. The molecule has 1 unspecified atom stereocenters. The molecule has 0 saturated heterocycles. The van der Waals surface area contributed by atoms with Crippen LogP contribution >= 0.6 is 0 Å². The fraction of sp³-hybridized carbons (Fsp3) is 0.538. The van der Waals surface area contributed by atoms with E-state index in [1.165, 1.54) is 36.8 Å². The summed E-state index contributed by atoms with van der Waals surface area (Å²) in [6.07, 6.45) is 4.95. The monoisotopic (exact) mass is 204 g/mol. The van der Waals surface area contributed by atoms with Gasteiger partial charge in [0.15, 0.2) is 11.5 Å². The number of aryl methyl sites for hydroxylation is 1. The topological polar surface area (TPSA) is 18.5 Å². The van der Waals surface area contributed by atoms with Gasteiger partial charge in [0, 0.05) is 5.56 Å². The Balaban J connectivity index is 2.03. The number of hydrogen-bond donors (Lipinski definition) is 0. The number of benzene rings is 1. The highest BCUT2D eigenvalue weighted by Gasteiger charge is 2.25. The van der Waals surface area contributed by atoms with Gasteiger partial charge in [0.05, 0.1) is 0 Å². The van der Waals surface area contributed by atoms with Crippen LogP contribution in [0.1, 0.15) is 30.9 Å². The van der Waals surface area contributed by atoms with Gasteiger partial charge in [0.25, 0.3) is 0 Å². The molecule has 2 heteroatoms. The predicted octanol–water partition coefficient (Wildman–Crippen LogP) is 2.93. The van der Waals surface area contributed by atoms with Crippen LogP contribution < -0.4 is 9.47 Å². The lowest BCUT2D eigenvalue weighted by molar-refractivity contribution is 0.172. The molecule has 80 valence electrons. The minimum atomic E-state index is 0.391. The van der Waals surface area contributed by atoms with Crippen LogP contribution in [-0.2, 0) is 12.8 Å². The molecule has 1 aromatic rings. The minimum Gasteiger partial charge on any atom is -0.454 e. The summed E-state index contributed by atoms with van der Waals surface area (Å²) in [5.74, 6) is 2.78. The zero-order valence-corrected chi connectivity index (χ0v) is 9.08. The third kappa shape index (κ3) is 1.39. The van der Waals surface area contributed by atoms with Crippen molar-refractivity contribution in [2.24, 2.45) is 5.92 Å². The molecule has 1 atom stereocenters. The molecule has 0 radical (unpaired) electrons. The molecular formula is C13H16O2. The van der Waals surface area contributed by atoms with E-state index >= 15 is 0 Å². The molecule has 2 aliphatic rings. The van der Waals surface area contributed by atoms with Crippen molar-refractivity contribution in [2.45, 2.75) is 32.6 Å². The van der Waals surface area contributed by atoms with Crippen molar-refractivity contribution in [3.63, 3.8) is 0 Å². The molecule has 3 rings (SSSR count). The van der Waals surface area contributed by atoms with Crippen molar-refractivity contribution in [3.8, 4) is 11.5 Å². The van der Waals surface area contributed by atoms with Gasteiger partial charge in [-0.05, 0) is 36.8 Å². The van der Waals surface area contributed by atoms with Gasteiger partial charge < -0.3 is 9.47 Å². The Labute approximate surface area is 90.2 Å². The van der Waals surface area contributed by atoms with Crippen molar-refractivity contribution >= 4 is 0 Å². The largest absolute Gasteiger partial charge is 0.454 e. The average molecular weight is 204 g/mol. The Kier molecular flexibility index (Phi) is 2.08. The zero-order valence-electron chi connectivity index (χ0n) is 9.08. The highest BCUT2D eigenvalue weighted by atomic mass is 16.7. The second-order valence-electron chi connectivity index (χ2n) is 4.45. The van der Waals surface area contributed by atoms with Crippen molar-refractivity contribution in [2.75, 3.05) is 6.79 Å². The van der Waals surface area contributed by atoms with E-state index in [4.69, 9.17) is 9.47 Å². The standard InChI is InChI=1S/C13H16O2/c1-2-9-3-4-10-5-6-12-13(11(10)7-9)15-8-14-12/h5-6,9H,2-4,7-8H2,1H3. The molecule has 1 heterocycles. The predicted molar refractivity (Wildman–Crippen MR) is 58.4 cm³/mol. The fourth-order valence-corrected chi connectivity index (χ4v) is 2.63. The third-order valence-electron chi connectivity index (χ3n) is 3.63. The van der Waals surface area contributed by atoms with Crippen LogP contribution in [0.5, 0.6) is 11.5 Å². The Morgan fingerprint density at radius 2 is 2.27 bits per heavy atom. The van der Waals surface area contributed by atoms with Gasteiger partial charge in [-0.3, -0.25) is 0 Å². The summed E-state index contributed by atoms with van der Waals surface area (Å²) in [6, 6.07) is 4.25. The van der Waals surface area contributed by atoms with E-state index in [0.717, 1.165) is 17.4 Å². The number of hydrogen-bond acceptors (Lipinski definition) is 2. The first-order valence-electron chi connectivity index (χ1n) is 5.79. The molecule has 0 saturated carbocycles. The number of rotatable bonds is 1. The molecule has 0 N–H and O–H groups in total. The summed E-state index contributed by atoms with van der Waals surface area (Å²) in [5.41, 5.74) is 2.87. The van der Waals surface area contributed by atoms with E-state index in [2.05, 4.69) is 13.0 Å². The maximum atomic E-state index is 5.57. The second kappa shape index (κ2) is 3.44. The second-order valence-corrected chi connectivity index (χ2v) is 4.45. The van der Waals surface area contributed by atoms with E-state index < -0.39 is 0 Å². The van der Waals surface area contributed by atoms with Gasteiger partial charge in [-0.25, -0.2) is 0 Å². The van der Waals surface area contributed by atoms with Gasteiger partial charge in [0.1, 0.15) is 0 Å². The fourth-order valence-electron chi connectivity index (χ4n) is 2.63. The van der Waals surface area contributed by atoms with Crippen LogP contribution in [0, 0.1) is 5.92 Å². The van der Waals surface area contributed by atoms with Gasteiger partial charge in [-0.15, -0.1) is 0 Å². The normalized spacial score (nSPS) is 22.6. The molecule has 1 aliphatic heterocycles. The lowest BCUT2D eigenvalue weighted by Gasteiger charge is -2.24. The molecule has 2 nitrogen and oxygen atoms in total. The van der Waals surface area contributed by atoms with Crippen LogP contribution in [0.15, 0.2) is 12.1 Å². The van der Waals surface area contributed by atoms with Crippen LogP contribution in [-0.4, -0.2) is 6.79 Å². The number of fused-ring (bicyclic) bond motifs is 3. The minimum absolute atomic E-state index is 0.391. The Bertz CT molecular complexity index is 384. The first-order valence-corrected chi connectivity index (χ1v) is 5.79. The van der Waals surface area contributed by atoms with E-state index in [-0.39, 0.29) is 0 Å². The maximum absolute atomic E-state index is 5.57. The van der Waals surface area contributed by atoms with Crippen molar-refractivity contribution in [1.29, 1.82) is 0 Å². The van der Waals surface area contributed by atoms with Crippen molar-refractivity contribution < 1.29 is 9.47 Å².